The van der Waals surface area contributed by atoms with Gasteiger partial charge in [-0.1, -0.05) is 0 Å². The molecule has 0 fully saturated rings. The van der Waals surface area contributed by atoms with E-state index in [1.807, 2.05) is 0 Å². The average molecular weight is 170 g/mol. The summed E-state index contributed by atoms with van der Waals surface area (Å²) >= 11 is 1.30. The molecule has 0 amide bonds. The van der Waals surface area contributed by atoms with Crippen molar-refractivity contribution in [2.75, 3.05) is 7.11 Å². The smallest absolute Gasteiger partial charge is 0.339 e. The third-order valence-corrected chi connectivity index (χ3v) is 1.99. The maximum atomic E-state index is 10.9. The molecule has 0 N–H and O–H groups in total. The highest BCUT2D eigenvalue weighted by molar-refractivity contribution is 7.08. The molecule has 1 heterocycles. The van der Waals surface area contributed by atoms with E-state index in [0.29, 0.717) is 17.4 Å². The predicted octanol–water partition coefficient (Wildman–Crippen LogP) is 1.35. The Morgan fingerprint density at radius 2 is 2.36 bits per heavy atom. The number of hydrogen-bond donors (Lipinski definition) is 0. The van der Waals surface area contributed by atoms with Crippen molar-refractivity contribution >= 4 is 23.6 Å². The van der Waals surface area contributed by atoms with E-state index < -0.39 is 5.97 Å². The van der Waals surface area contributed by atoms with Gasteiger partial charge in [-0.3, -0.25) is 4.79 Å². The summed E-state index contributed by atoms with van der Waals surface area (Å²) in [5.41, 5.74) is 0.731. The minimum absolute atomic E-state index is 0.340. The SMILES string of the molecule is COC(=O)c1cscc1C=O. The lowest BCUT2D eigenvalue weighted by molar-refractivity contribution is 0.0599. The molecular formula is C7H6O3S. The number of hydrogen-bond acceptors (Lipinski definition) is 4. The maximum absolute atomic E-state index is 10.9. The van der Waals surface area contributed by atoms with Crippen LogP contribution in [0.4, 0.5) is 0 Å². The van der Waals surface area contributed by atoms with Crippen molar-refractivity contribution in [1.82, 2.24) is 0 Å². The van der Waals surface area contributed by atoms with Crippen molar-refractivity contribution in [3.63, 3.8) is 0 Å². The van der Waals surface area contributed by atoms with Crippen molar-refractivity contribution in [3.8, 4) is 0 Å². The molecule has 0 aliphatic rings. The van der Waals surface area contributed by atoms with Gasteiger partial charge in [-0.05, 0) is 0 Å². The molecule has 3 nitrogen and oxygen atoms in total. The molecule has 0 radical (unpaired) electrons. The Labute approximate surface area is 67.6 Å². The van der Waals surface area contributed by atoms with Gasteiger partial charge in [0.05, 0.1) is 12.7 Å². The number of carbonyl (C=O) groups excluding carboxylic acids is 2. The Kier molecular flexibility index (Phi) is 2.38. The minimum atomic E-state index is -0.464. The Bertz CT molecular complexity index is 277. The second-order valence-corrected chi connectivity index (χ2v) is 2.59. The molecule has 1 aromatic heterocycles. The Hall–Kier alpha value is -1.16. The highest BCUT2D eigenvalue weighted by Crippen LogP contribution is 2.13. The summed E-state index contributed by atoms with van der Waals surface area (Å²) < 4.78 is 4.45. The predicted molar refractivity (Wildman–Crippen MR) is 41.0 cm³/mol. The molecule has 0 aliphatic carbocycles. The molecule has 1 rings (SSSR count). The zero-order valence-corrected chi connectivity index (χ0v) is 6.68. The van der Waals surface area contributed by atoms with Gasteiger partial charge in [0.2, 0.25) is 0 Å². The first-order valence-corrected chi connectivity index (χ1v) is 3.83. The van der Waals surface area contributed by atoms with Crippen LogP contribution < -0.4 is 0 Å². The van der Waals surface area contributed by atoms with E-state index in [9.17, 15) is 9.59 Å². The van der Waals surface area contributed by atoms with Crippen molar-refractivity contribution in [1.29, 1.82) is 0 Å². The van der Waals surface area contributed by atoms with Crippen molar-refractivity contribution in [2.24, 2.45) is 0 Å². The van der Waals surface area contributed by atoms with E-state index in [4.69, 9.17) is 0 Å². The fourth-order valence-corrected chi connectivity index (χ4v) is 1.44. The van der Waals surface area contributed by atoms with Gasteiger partial charge < -0.3 is 4.74 Å². The van der Waals surface area contributed by atoms with Gasteiger partial charge in [0.1, 0.15) is 0 Å². The molecule has 4 heteroatoms. The van der Waals surface area contributed by atoms with Crippen LogP contribution in [0.2, 0.25) is 0 Å². The van der Waals surface area contributed by atoms with Crippen LogP contribution in [-0.4, -0.2) is 19.4 Å². The Morgan fingerprint density at radius 3 is 2.91 bits per heavy atom. The largest absolute Gasteiger partial charge is 0.465 e. The number of ether oxygens (including phenoxy) is 1. The normalized spacial score (nSPS) is 9.18. The first-order valence-electron chi connectivity index (χ1n) is 2.89. The molecule has 0 saturated heterocycles. The molecule has 0 atom stereocenters. The minimum Gasteiger partial charge on any atom is -0.465 e. The molecule has 58 valence electrons. The summed E-state index contributed by atoms with van der Waals surface area (Å²) in [5, 5.41) is 3.20. The van der Waals surface area contributed by atoms with Crippen LogP contribution in [0, 0.1) is 0 Å². The van der Waals surface area contributed by atoms with Gasteiger partial charge in [0.15, 0.2) is 6.29 Å². The molecule has 1 aromatic rings. The van der Waals surface area contributed by atoms with Gasteiger partial charge in [0, 0.05) is 16.3 Å². The van der Waals surface area contributed by atoms with E-state index in [0.717, 1.165) is 0 Å². The molecule has 0 aromatic carbocycles. The highest BCUT2D eigenvalue weighted by Gasteiger charge is 2.11. The number of carbonyl (C=O) groups is 2. The summed E-state index contributed by atoms with van der Waals surface area (Å²) in [6.07, 6.45) is 0.642. The van der Waals surface area contributed by atoms with Gasteiger partial charge in [-0.25, -0.2) is 4.79 Å². The van der Waals surface area contributed by atoms with E-state index in [1.165, 1.54) is 18.4 Å². The fourth-order valence-electron chi connectivity index (χ4n) is 0.674. The zero-order valence-electron chi connectivity index (χ0n) is 5.87. The number of rotatable bonds is 2. The van der Waals surface area contributed by atoms with Gasteiger partial charge in [-0.2, -0.15) is 11.3 Å². The third kappa shape index (κ3) is 1.46. The fraction of sp³-hybridized carbons (Fsp3) is 0.143. The molecule has 0 saturated carbocycles. The zero-order chi connectivity index (χ0) is 8.27. The number of methoxy groups -OCH3 is 1. The Morgan fingerprint density at radius 1 is 1.64 bits per heavy atom. The molecule has 0 aliphatic heterocycles. The highest BCUT2D eigenvalue weighted by atomic mass is 32.1. The summed E-state index contributed by atoms with van der Waals surface area (Å²) in [5.74, 6) is -0.464. The number of esters is 1. The number of thiophene rings is 1. The van der Waals surface area contributed by atoms with Crippen LogP contribution in [0.25, 0.3) is 0 Å². The van der Waals surface area contributed by atoms with Crippen molar-refractivity contribution in [3.05, 3.63) is 21.9 Å². The van der Waals surface area contributed by atoms with E-state index in [-0.39, 0.29) is 0 Å². The Balaban J connectivity index is 3.01. The molecule has 11 heavy (non-hydrogen) atoms. The van der Waals surface area contributed by atoms with E-state index in [2.05, 4.69) is 4.74 Å². The van der Waals surface area contributed by atoms with Crippen LogP contribution >= 0.6 is 11.3 Å². The monoisotopic (exact) mass is 170 g/mol. The van der Waals surface area contributed by atoms with Gasteiger partial charge in [-0.15, -0.1) is 0 Å². The van der Waals surface area contributed by atoms with Crippen LogP contribution in [-0.2, 0) is 4.74 Å². The molecule has 0 spiro atoms. The second kappa shape index (κ2) is 3.30. The second-order valence-electron chi connectivity index (χ2n) is 1.85. The molecular weight excluding hydrogens is 164 g/mol. The standard InChI is InChI=1S/C7H6O3S/c1-10-7(9)6-4-11-3-5(6)2-8/h2-4H,1H3. The third-order valence-electron chi connectivity index (χ3n) is 1.22. The van der Waals surface area contributed by atoms with Gasteiger partial charge in [0.25, 0.3) is 0 Å². The maximum Gasteiger partial charge on any atom is 0.339 e. The van der Waals surface area contributed by atoms with E-state index in [1.54, 1.807) is 10.8 Å². The van der Waals surface area contributed by atoms with E-state index >= 15 is 0 Å². The topological polar surface area (TPSA) is 43.4 Å². The van der Waals surface area contributed by atoms with Crippen LogP contribution in [0.3, 0.4) is 0 Å². The quantitative estimate of drug-likeness (QED) is 0.497. The van der Waals surface area contributed by atoms with Crippen molar-refractivity contribution < 1.29 is 14.3 Å². The summed E-state index contributed by atoms with van der Waals surface area (Å²) in [6, 6.07) is 0. The molecule has 0 unspecified atom stereocenters. The first-order chi connectivity index (χ1) is 5.29. The first kappa shape index (κ1) is 7.94. The summed E-state index contributed by atoms with van der Waals surface area (Å²) in [4.78, 5) is 21.2. The summed E-state index contributed by atoms with van der Waals surface area (Å²) in [7, 11) is 1.29. The molecule has 0 bridgehead atoms. The van der Waals surface area contributed by atoms with Crippen molar-refractivity contribution in [2.45, 2.75) is 0 Å². The summed E-state index contributed by atoms with van der Waals surface area (Å²) in [6.45, 7) is 0. The lowest BCUT2D eigenvalue weighted by atomic mass is 10.2. The number of aldehydes is 1. The van der Waals surface area contributed by atoms with Crippen LogP contribution in [0.15, 0.2) is 10.8 Å². The van der Waals surface area contributed by atoms with Gasteiger partial charge >= 0.3 is 5.97 Å². The average Bonchev–Trinajstić information content (AvgIpc) is 2.50. The lowest BCUT2D eigenvalue weighted by Gasteiger charge is -1.94. The van der Waals surface area contributed by atoms with Crippen LogP contribution in [0.5, 0.6) is 0 Å². The van der Waals surface area contributed by atoms with Crippen LogP contribution in [0.1, 0.15) is 20.7 Å². The lowest BCUT2D eigenvalue weighted by Crippen LogP contribution is -2.01.